The van der Waals surface area contributed by atoms with E-state index < -0.39 is 0 Å². The molecule has 0 fully saturated rings. The van der Waals surface area contributed by atoms with Gasteiger partial charge in [-0.3, -0.25) is 0 Å². The second-order valence-electron chi connectivity index (χ2n) is 3.03. The van der Waals surface area contributed by atoms with Gasteiger partial charge in [0.05, 0.1) is 14.2 Å². The Kier molecular flexibility index (Phi) is 10.2. The highest BCUT2D eigenvalue weighted by molar-refractivity contribution is 5.21. The number of aliphatic hydroxyl groups is 1. The zero-order valence-electron chi connectivity index (χ0n) is 11.0. The first-order valence-corrected chi connectivity index (χ1v) is 5.49. The number of ether oxygens (including phenoxy) is 2. The number of benzene rings is 2. The summed E-state index contributed by atoms with van der Waals surface area (Å²) in [4.78, 5) is 0. The van der Waals surface area contributed by atoms with Crippen molar-refractivity contribution in [2.45, 2.75) is 0 Å². The molecular formula is C15H20O3. The molecule has 2 aromatic rings. The lowest BCUT2D eigenvalue weighted by Crippen LogP contribution is -1.78. The van der Waals surface area contributed by atoms with Crippen LogP contribution in [0.5, 0.6) is 11.5 Å². The molecule has 3 nitrogen and oxygen atoms in total. The van der Waals surface area contributed by atoms with Crippen molar-refractivity contribution in [2.75, 3.05) is 21.3 Å². The Balaban J connectivity index is 0.000000283. The number of para-hydroxylation sites is 2. The molecule has 3 heteroatoms. The molecule has 0 heterocycles. The molecule has 0 aliphatic rings. The van der Waals surface area contributed by atoms with Gasteiger partial charge >= 0.3 is 0 Å². The molecule has 2 aromatic carbocycles. The zero-order chi connectivity index (χ0) is 13.6. The van der Waals surface area contributed by atoms with Crippen LogP contribution in [0.1, 0.15) is 0 Å². The lowest BCUT2D eigenvalue weighted by molar-refractivity contribution is 0.399. The van der Waals surface area contributed by atoms with E-state index in [1.54, 1.807) is 14.2 Å². The largest absolute Gasteiger partial charge is 0.497 e. The predicted molar refractivity (Wildman–Crippen MR) is 74.1 cm³/mol. The minimum absolute atomic E-state index is 0.910. The molecule has 0 spiro atoms. The molecule has 0 saturated carbocycles. The van der Waals surface area contributed by atoms with Crippen LogP contribution in [0.25, 0.3) is 0 Å². The third kappa shape index (κ3) is 7.30. The monoisotopic (exact) mass is 248 g/mol. The highest BCUT2D eigenvalue weighted by Gasteiger charge is 1.80. The van der Waals surface area contributed by atoms with Crippen molar-refractivity contribution in [3.8, 4) is 11.5 Å². The average Bonchev–Trinajstić information content (AvgIpc) is 2.51. The van der Waals surface area contributed by atoms with Gasteiger partial charge in [-0.2, -0.15) is 0 Å². The molecule has 0 aliphatic heterocycles. The maximum Gasteiger partial charge on any atom is 0.118 e. The maximum absolute atomic E-state index is 7.00. The first-order valence-electron chi connectivity index (χ1n) is 5.49. The molecule has 0 saturated heterocycles. The highest BCUT2D eigenvalue weighted by Crippen LogP contribution is 2.06. The van der Waals surface area contributed by atoms with E-state index in [4.69, 9.17) is 14.6 Å². The third-order valence-electron chi connectivity index (χ3n) is 1.96. The van der Waals surface area contributed by atoms with Crippen molar-refractivity contribution >= 4 is 0 Å². The number of hydrogen-bond donors (Lipinski definition) is 1. The van der Waals surface area contributed by atoms with E-state index in [0.29, 0.717) is 0 Å². The lowest BCUT2D eigenvalue weighted by Gasteiger charge is -1.93. The van der Waals surface area contributed by atoms with Gasteiger partial charge in [-0.15, -0.1) is 0 Å². The van der Waals surface area contributed by atoms with Gasteiger partial charge in [-0.1, -0.05) is 36.4 Å². The van der Waals surface area contributed by atoms with Gasteiger partial charge in [0.25, 0.3) is 0 Å². The Morgan fingerprint density at radius 2 is 0.889 bits per heavy atom. The van der Waals surface area contributed by atoms with E-state index >= 15 is 0 Å². The Hall–Kier alpha value is -2.00. The summed E-state index contributed by atoms with van der Waals surface area (Å²) in [5.41, 5.74) is 0. The van der Waals surface area contributed by atoms with Crippen LogP contribution in [-0.2, 0) is 0 Å². The van der Waals surface area contributed by atoms with Crippen molar-refractivity contribution in [1.82, 2.24) is 0 Å². The molecule has 0 bridgehead atoms. The molecule has 98 valence electrons. The summed E-state index contributed by atoms with van der Waals surface area (Å²) in [5.74, 6) is 1.82. The van der Waals surface area contributed by atoms with Crippen LogP contribution >= 0.6 is 0 Å². The summed E-state index contributed by atoms with van der Waals surface area (Å²) < 4.78 is 9.83. The minimum atomic E-state index is 0.910. The molecule has 0 unspecified atom stereocenters. The fourth-order valence-corrected chi connectivity index (χ4v) is 1.11. The molecule has 0 aromatic heterocycles. The van der Waals surface area contributed by atoms with E-state index in [1.165, 1.54) is 0 Å². The van der Waals surface area contributed by atoms with Crippen molar-refractivity contribution < 1.29 is 14.6 Å². The smallest absolute Gasteiger partial charge is 0.118 e. The van der Waals surface area contributed by atoms with Crippen LogP contribution < -0.4 is 9.47 Å². The summed E-state index contributed by atoms with van der Waals surface area (Å²) in [7, 11) is 4.32. The molecule has 2 rings (SSSR count). The van der Waals surface area contributed by atoms with Crippen molar-refractivity contribution in [2.24, 2.45) is 0 Å². The highest BCUT2D eigenvalue weighted by atomic mass is 16.5. The first kappa shape index (κ1) is 16.0. The van der Waals surface area contributed by atoms with Crippen molar-refractivity contribution in [3.63, 3.8) is 0 Å². The minimum Gasteiger partial charge on any atom is -0.497 e. The summed E-state index contributed by atoms with van der Waals surface area (Å²) in [6.07, 6.45) is 0. The van der Waals surface area contributed by atoms with E-state index in [9.17, 15) is 0 Å². The number of aliphatic hydroxyl groups excluding tert-OH is 1. The van der Waals surface area contributed by atoms with Crippen LogP contribution in [0.2, 0.25) is 0 Å². The van der Waals surface area contributed by atoms with Crippen LogP contribution in [0, 0.1) is 0 Å². The van der Waals surface area contributed by atoms with Crippen LogP contribution in [-0.4, -0.2) is 26.4 Å². The molecular weight excluding hydrogens is 228 g/mol. The molecule has 0 aliphatic carbocycles. The lowest BCUT2D eigenvalue weighted by atomic mass is 10.3. The fraction of sp³-hybridized carbons (Fsp3) is 0.200. The topological polar surface area (TPSA) is 38.7 Å². The third-order valence-corrected chi connectivity index (χ3v) is 1.96. The van der Waals surface area contributed by atoms with Gasteiger partial charge in [-0.25, -0.2) is 0 Å². The number of methoxy groups -OCH3 is 2. The van der Waals surface area contributed by atoms with Gasteiger partial charge in [0.15, 0.2) is 0 Å². The van der Waals surface area contributed by atoms with E-state index in [2.05, 4.69) is 0 Å². The number of rotatable bonds is 2. The standard InChI is InChI=1S/2C7H8O.CH4O/c2*1-8-7-5-3-2-4-6-7;1-2/h2*2-6H,1H3;2H,1H3. The Bertz CT molecular complexity index is 334. The van der Waals surface area contributed by atoms with E-state index in [1.807, 2.05) is 60.7 Å². The van der Waals surface area contributed by atoms with E-state index in [0.717, 1.165) is 18.6 Å². The van der Waals surface area contributed by atoms with Gasteiger partial charge in [0.2, 0.25) is 0 Å². The summed E-state index contributed by atoms with van der Waals surface area (Å²) in [6, 6.07) is 19.4. The SMILES string of the molecule is CO.COc1ccccc1.COc1ccccc1. The van der Waals surface area contributed by atoms with Crippen LogP contribution in [0.3, 0.4) is 0 Å². The quantitative estimate of drug-likeness (QED) is 0.888. The Morgan fingerprint density at radius 1 is 0.611 bits per heavy atom. The second-order valence-corrected chi connectivity index (χ2v) is 3.03. The van der Waals surface area contributed by atoms with Crippen LogP contribution in [0.4, 0.5) is 0 Å². The Morgan fingerprint density at radius 3 is 1.06 bits per heavy atom. The molecule has 1 N–H and O–H groups in total. The Labute approximate surface area is 109 Å². The van der Waals surface area contributed by atoms with E-state index in [-0.39, 0.29) is 0 Å². The zero-order valence-corrected chi connectivity index (χ0v) is 11.0. The van der Waals surface area contributed by atoms with Gasteiger partial charge < -0.3 is 14.6 Å². The average molecular weight is 248 g/mol. The first-order chi connectivity index (χ1) is 8.86. The molecule has 0 radical (unpaired) electrons. The normalized spacial score (nSPS) is 8.00. The summed E-state index contributed by atoms with van der Waals surface area (Å²) >= 11 is 0. The molecule has 0 atom stereocenters. The summed E-state index contributed by atoms with van der Waals surface area (Å²) in [6.45, 7) is 0. The second kappa shape index (κ2) is 11.5. The van der Waals surface area contributed by atoms with Gasteiger partial charge in [-0.05, 0) is 24.3 Å². The van der Waals surface area contributed by atoms with Crippen LogP contribution in [0.15, 0.2) is 60.7 Å². The molecule has 0 amide bonds. The van der Waals surface area contributed by atoms with Crippen molar-refractivity contribution in [1.29, 1.82) is 0 Å². The summed E-state index contributed by atoms with van der Waals surface area (Å²) in [5, 5.41) is 7.00. The molecule has 18 heavy (non-hydrogen) atoms. The fourth-order valence-electron chi connectivity index (χ4n) is 1.11. The predicted octanol–water partition coefficient (Wildman–Crippen LogP) is 3.00. The number of hydrogen-bond acceptors (Lipinski definition) is 3. The van der Waals surface area contributed by atoms with Gasteiger partial charge in [0, 0.05) is 7.11 Å². The van der Waals surface area contributed by atoms with Crippen molar-refractivity contribution in [3.05, 3.63) is 60.7 Å². The van der Waals surface area contributed by atoms with Gasteiger partial charge in [0.1, 0.15) is 11.5 Å². The maximum atomic E-state index is 7.00.